The molecular weight excluding hydrogens is 257 g/mol. The molecule has 2 aromatic rings. The maximum atomic E-state index is 12.9. The van der Waals surface area contributed by atoms with Crippen LogP contribution in [0.1, 0.15) is 18.5 Å². The van der Waals surface area contributed by atoms with E-state index in [0.717, 1.165) is 11.3 Å². The smallest absolute Gasteiger partial charge is 0.124 e. The highest BCUT2D eigenvalue weighted by Gasteiger charge is 2.16. The molecule has 0 saturated carbocycles. The molecule has 20 heavy (non-hydrogen) atoms. The van der Waals surface area contributed by atoms with E-state index in [2.05, 4.69) is 0 Å². The largest absolute Gasteiger partial charge is 0.507 e. The number of hydrogen-bond acceptors (Lipinski definition) is 3. The van der Waals surface area contributed by atoms with Gasteiger partial charge in [0, 0.05) is 24.4 Å². The van der Waals surface area contributed by atoms with Gasteiger partial charge in [0.15, 0.2) is 0 Å². The zero-order valence-electron chi connectivity index (χ0n) is 11.8. The first-order valence-corrected chi connectivity index (χ1v) is 6.38. The standard InChI is InChI=1S/C16H18FNO2/c1-11(15-9-8-14(20-3)10-16(15)19)18(2)13-6-4-12(17)5-7-13/h4-11,19H,1-3H3. The number of methoxy groups -OCH3 is 1. The Hall–Kier alpha value is -2.23. The van der Waals surface area contributed by atoms with Gasteiger partial charge in [-0.3, -0.25) is 0 Å². The first-order valence-electron chi connectivity index (χ1n) is 6.38. The summed E-state index contributed by atoms with van der Waals surface area (Å²) in [6.45, 7) is 1.98. The second-order valence-corrected chi connectivity index (χ2v) is 4.69. The topological polar surface area (TPSA) is 32.7 Å². The first kappa shape index (κ1) is 14.2. The van der Waals surface area contributed by atoms with E-state index in [-0.39, 0.29) is 17.6 Å². The fourth-order valence-corrected chi connectivity index (χ4v) is 2.11. The third kappa shape index (κ3) is 2.85. The van der Waals surface area contributed by atoms with Gasteiger partial charge in [0.1, 0.15) is 17.3 Å². The summed E-state index contributed by atoms with van der Waals surface area (Å²) in [5, 5.41) is 10.1. The Kier molecular flexibility index (Phi) is 4.13. The van der Waals surface area contributed by atoms with E-state index in [1.54, 1.807) is 25.3 Å². The summed E-state index contributed by atoms with van der Waals surface area (Å²) in [6, 6.07) is 11.5. The quantitative estimate of drug-likeness (QED) is 0.922. The fraction of sp³-hybridized carbons (Fsp3) is 0.250. The normalized spacial score (nSPS) is 12.0. The molecule has 1 unspecified atom stereocenters. The fourth-order valence-electron chi connectivity index (χ4n) is 2.11. The molecule has 2 aromatic carbocycles. The molecular formula is C16H18FNO2. The van der Waals surface area contributed by atoms with Crippen molar-refractivity contribution in [3.05, 3.63) is 53.8 Å². The van der Waals surface area contributed by atoms with E-state index in [4.69, 9.17) is 4.74 Å². The van der Waals surface area contributed by atoms with Crippen LogP contribution in [0.15, 0.2) is 42.5 Å². The van der Waals surface area contributed by atoms with Gasteiger partial charge in [0.25, 0.3) is 0 Å². The molecule has 1 atom stereocenters. The third-order valence-corrected chi connectivity index (χ3v) is 3.50. The van der Waals surface area contributed by atoms with Gasteiger partial charge in [-0.1, -0.05) is 0 Å². The lowest BCUT2D eigenvalue weighted by atomic mass is 10.1. The van der Waals surface area contributed by atoms with Crippen LogP contribution in [0.2, 0.25) is 0 Å². The zero-order chi connectivity index (χ0) is 14.7. The third-order valence-electron chi connectivity index (χ3n) is 3.50. The Labute approximate surface area is 118 Å². The predicted molar refractivity (Wildman–Crippen MR) is 77.9 cm³/mol. The van der Waals surface area contributed by atoms with Crippen molar-refractivity contribution in [2.75, 3.05) is 19.1 Å². The summed E-state index contributed by atoms with van der Waals surface area (Å²) < 4.78 is 18.0. The second kappa shape index (κ2) is 5.82. The number of halogens is 1. The van der Waals surface area contributed by atoms with Gasteiger partial charge < -0.3 is 14.7 Å². The number of rotatable bonds is 4. The Morgan fingerprint density at radius 1 is 1.15 bits per heavy atom. The van der Waals surface area contributed by atoms with Crippen LogP contribution in [0.25, 0.3) is 0 Å². The molecule has 0 spiro atoms. The van der Waals surface area contributed by atoms with Crippen LogP contribution >= 0.6 is 0 Å². The number of anilines is 1. The van der Waals surface area contributed by atoms with Crippen LogP contribution in [0.3, 0.4) is 0 Å². The molecule has 106 valence electrons. The molecule has 0 fully saturated rings. The molecule has 3 nitrogen and oxygen atoms in total. The maximum absolute atomic E-state index is 12.9. The SMILES string of the molecule is COc1ccc(C(C)N(C)c2ccc(F)cc2)c(O)c1. The molecule has 0 aliphatic rings. The lowest BCUT2D eigenvalue weighted by Gasteiger charge is -2.28. The summed E-state index contributed by atoms with van der Waals surface area (Å²) in [7, 11) is 3.46. The summed E-state index contributed by atoms with van der Waals surface area (Å²) in [4.78, 5) is 1.97. The average molecular weight is 275 g/mol. The van der Waals surface area contributed by atoms with Crippen LogP contribution in [0.4, 0.5) is 10.1 Å². The number of aromatic hydroxyl groups is 1. The summed E-state index contributed by atoms with van der Waals surface area (Å²) in [6.07, 6.45) is 0. The van der Waals surface area contributed by atoms with Crippen LogP contribution in [0.5, 0.6) is 11.5 Å². The molecule has 0 radical (unpaired) electrons. The van der Waals surface area contributed by atoms with Gasteiger partial charge in [-0.05, 0) is 43.3 Å². The van der Waals surface area contributed by atoms with Crippen molar-refractivity contribution in [3.63, 3.8) is 0 Å². The van der Waals surface area contributed by atoms with E-state index in [9.17, 15) is 9.50 Å². The summed E-state index contributed by atoms with van der Waals surface area (Å²) in [5.41, 5.74) is 1.67. The molecule has 0 aliphatic carbocycles. The highest BCUT2D eigenvalue weighted by atomic mass is 19.1. The van der Waals surface area contributed by atoms with Crippen LogP contribution in [-0.4, -0.2) is 19.3 Å². The Morgan fingerprint density at radius 2 is 1.80 bits per heavy atom. The number of nitrogens with zero attached hydrogens (tertiary/aromatic N) is 1. The Balaban J connectivity index is 2.26. The minimum absolute atomic E-state index is 0.0497. The average Bonchev–Trinajstić information content (AvgIpc) is 2.46. The van der Waals surface area contributed by atoms with E-state index >= 15 is 0 Å². The van der Waals surface area contributed by atoms with E-state index < -0.39 is 0 Å². The number of phenols is 1. The molecule has 4 heteroatoms. The molecule has 0 saturated heterocycles. The van der Waals surface area contributed by atoms with E-state index in [1.165, 1.54) is 12.1 Å². The highest BCUT2D eigenvalue weighted by Crippen LogP contribution is 2.33. The number of benzene rings is 2. The van der Waals surface area contributed by atoms with Crippen molar-refractivity contribution >= 4 is 5.69 Å². The van der Waals surface area contributed by atoms with E-state index in [0.29, 0.717) is 5.75 Å². The lowest BCUT2D eigenvalue weighted by molar-refractivity contribution is 0.405. The molecule has 0 amide bonds. The molecule has 2 rings (SSSR count). The number of phenolic OH excluding ortho intramolecular Hbond substituents is 1. The van der Waals surface area contributed by atoms with Crippen molar-refractivity contribution in [2.45, 2.75) is 13.0 Å². The summed E-state index contributed by atoms with van der Waals surface area (Å²) >= 11 is 0. The van der Waals surface area contributed by atoms with Gasteiger partial charge in [-0.2, -0.15) is 0 Å². The number of ether oxygens (including phenoxy) is 1. The van der Waals surface area contributed by atoms with Gasteiger partial charge in [-0.15, -0.1) is 0 Å². The zero-order valence-corrected chi connectivity index (χ0v) is 11.8. The minimum atomic E-state index is -0.262. The van der Waals surface area contributed by atoms with Gasteiger partial charge in [0.05, 0.1) is 13.2 Å². The van der Waals surface area contributed by atoms with Crippen molar-refractivity contribution in [1.82, 2.24) is 0 Å². The van der Waals surface area contributed by atoms with Crippen LogP contribution in [-0.2, 0) is 0 Å². The Morgan fingerprint density at radius 3 is 2.35 bits per heavy atom. The van der Waals surface area contributed by atoms with Gasteiger partial charge in [0.2, 0.25) is 0 Å². The molecule has 0 aromatic heterocycles. The predicted octanol–water partition coefficient (Wildman–Crippen LogP) is 3.74. The molecule has 0 heterocycles. The van der Waals surface area contributed by atoms with Crippen molar-refractivity contribution < 1.29 is 14.2 Å². The van der Waals surface area contributed by atoms with Crippen LogP contribution in [0, 0.1) is 5.82 Å². The van der Waals surface area contributed by atoms with Crippen LogP contribution < -0.4 is 9.64 Å². The van der Waals surface area contributed by atoms with Gasteiger partial charge >= 0.3 is 0 Å². The van der Waals surface area contributed by atoms with Gasteiger partial charge in [-0.25, -0.2) is 4.39 Å². The maximum Gasteiger partial charge on any atom is 0.124 e. The Bertz CT molecular complexity index is 584. The van der Waals surface area contributed by atoms with E-state index in [1.807, 2.05) is 31.0 Å². The summed E-state index contributed by atoms with van der Waals surface area (Å²) in [5.74, 6) is 0.538. The van der Waals surface area contributed by atoms with Crippen molar-refractivity contribution in [2.24, 2.45) is 0 Å². The van der Waals surface area contributed by atoms with Crippen molar-refractivity contribution in [3.8, 4) is 11.5 Å². The molecule has 1 N–H and O–H groups in total. The highest BCUT2D eigenvalue weighted by molar-refractivity contribution is 5.50. The monoisotopic (exact) mass is 275 g/mol. The van der Waals surface area contributed by atoms with Crippen molar-refractivity contribution in [1.29, 1.82) is 0 Å². The molecule has 0 bridgehead atoms. The lowest BCUT2D eigenvalue weighted by Crippen LogP contribution is -2.21. The first-order chi connectivity index (χ1) is 9.52. The molecule has 0 aliphatic heterocycles. The minimum Gasteiger partial charge on any atom is -0.507 e. The second-order valence-electron chi connectivity index (χ2n) is 4.69. The number of hydrogen-bond donors (Lipinski definition) is 1.